The first-order chi connectivity index (χ1) is 15.5. The molecule has 0 spiro atoms. The van der Waals surface area contributed by atoms with Gasteiger partial charge in [-0.3, -0.25) is 9.78 Å². The average Bonchev–Trinajstić information content (AvgIpc) is 2.81. The van der Waals surface area contributed by atoms with Gasteiger partial charge in [-0.15, -0.1) is 0 Å². The van der Waals surface area contributed by atoms with Gasteiger partial charge in [-0.2, -0.15) is 0 Å². The number of methoxy groups -OCH3 is 3. The van der Waals surface area contributed by atoms with Crippen molar-refractivity contribution in [2.24, 2.45) is 0 Å². The Bertz CT molecular complexity index is 1270. The highest BCUT2D eigenvalue weighted by molar-refractivity contribution is 6.05. The van der Waals surface area contributed by atoms with E-state index in [2.05, 4.69) is 17.4 Å². The highest BCUT2D eigenvalue weighted by Crippen LogP contribution is 2.45. The van der Waals surface area contributed by atoms with Crippen LogP contribution in [-0.2, 0) is 11.2 Å². The number of aryl methyl sites for hydroxylation is 1. The molecule has 32 heavy (non-hydrogen) atoms. The van der Waals surface area contributed by atoms with E-state index in [1.807, 2.05) is 25.1 Å². The fourth-order valence-electron chi connectivity index (χ4n) is 4.88. The summed E-state index contributed by atoms with van der Waals surface area (Å²) in [4.78, 5) is 17.5. The number of nitrogens with one attached hydrogen (secondary N) is 1. The van der Waals surface area contributed by atoms with Crippen LogP contribution in [0.1, 0.15) is 30.5 Å². The molecule has 2 heterocycles. The van der Waals surface area contributed by atoms with Crippen LogP contribution in [0.5, 0.6) is 17.2 Å². The summed E-state index contributed by atoms with van der Waals surface area (Å²) in [6.07, 6.45) is 3.07. The third-order valence-corrected chi connectivity index (χ3v) is 6.36. The van der Waals surface area contributed by atoms with E-state index in [1.165, 1.54) is 0 Å². The molecule has 164 valence electrons. The van der Waals surface area contributed by atoms with E-state index in [4.69, 9.17) is 19.2 Å². The number of anilines is 1. The molecule has 2 aromatic carbocycles. The second-order valence-electron chi connectivity index (χ2n) is 8.25. The summed E-state index contributed by atoms with van der Waals surface area (Å²) >= 11 is 0. The zero-order chi connectivity index (χ0) is 22.4. The molecule has 0 fully saturated rings. The van der Waals surface area contributed by atoms with Crippen LogP contribution in [0.3, 0.4) is 0 Å². The number of hydrogen-bond acceptors (Lipinski definition) is 6. The first kappa shape index (κ1) is 20.4. The van der Waals surface area contributed by atoms with E-state index in [0.29, 0.717) is 30.1 Å². The monoisotopic (exact) mass is 430 g/mol. The van der Waals surface area contributed by atoms with E-state index < -0.39 is 0 Å². The van der Waals surface area contributed by atoms with Crippen LogP contribution >= 0.6 is 0 Å². The average molecular weight is 431 g/mol. The summed E-state index contributed by atoms with van der Waals surface area (Å²) in [7, 11) is 4.83. The number of allylic oxidation sites excluding steroid dienone is 2. The van der Waals surface area contributed by atoms with Gasteiger partial charge >= 0.3 is 0 Å². The number of benzene rings is 2. The van der Waals surface area contributed by atoms with Crippen molar-refractivity contribution in [2.75, 3.05) is 26.6 Å². The molecule has 0 atom stereocenters. The van der Waals surface area contributed by atoms with E-state index in [1.54, 1.807) is 21.3 Å². The summed E-state index contributed by atoms with van der Waals surface area (Å²) in [5.74, 6) is 2.00. The molecule has 0 amide bonds. The van der Waals surface area contributed by atoms with Gasteiger partial charge in [0.1, 0.15) is 0 Å². The lowest BCUT2D eigenvalue weighted by molar-refractivity contribution is -0.116. The Hall–Kier alpha value is -3.54. The third kappa shape index (κ3) is 3.18. The summed E-state index contributed by atoms with van der Waals surface area (Å²) in [6, 6.07) is 10.1. The van der Waals surface area contributed by atoms with Crippen LogP contribution in [0.4, 0.5) is 5.69 Å². The number of ether oxygens (including phenoxy) is 3. The molecule has 1 aliphatic carbocycles. The Kier molecular flexibility index (Phi) is 5.00. The molecule has 1 aromatic heterocycles. The van der Waals surface area contributed by atoms with Crippen LogP contribution in [0.2, 0.25) is 0 Å². The number of rotatable bonds is 4. The van der Waals surface area contributed by atoms with Crippen molar-refractivity contribution >= 4 is 22.4 Å². The van der Waals surface area contributed by atoms with Crippen molar-refractivity contribution in [1.29, 1.82) is 0 Å². The number of pyridine rings is 1. The van der Waals surface area contributed by atoms with Gasteiger partial charge in [0.05, 0.1) is 26.8 Å². The van der Waals surface area contributed by atoms with Gasteiger partial charge in [-0.05, 0) is 66.8 Å². The minimum Gasteiger partial charge on any atom is -0.493 e. The molecule has 0 saturated heterocycles. The first-order valence-corrected chi connectivity index (χ1v) is 10.8. The number of Topliss-reactive ketones (excluding diaryl/α,β-unsaturated/α-hetero) is 1. The van der Waals surface area contributed by atoms with E-state index in [0.717, 1.165) is 63.1 Å². The molecule has 0 saturated carbocycles. The Balaban J connectivity index is 1.77. The fraction of sp³-hybridized carbons (Fsp3) is 0.308. The second-order valence-corrected chi connectivity index (χ2v) is 8.25. The largest absolute Gasteiger partial charge is 0.493 e. The lowest BCUT2D eigenvalue weighted by atomic mass is 9.84. The topological polar surface area (TPSA) is 69.7 Å². The quantitative estimate of drug-likeness (QED) is 0.613. The zero-order valence-corrected chi connectivity index (χ0v) is 18.8. The van der Waals surface area contributed by atoms with Crippen molar-refractivity contribution < 1.29 is 19.0 Å². The molecular formula is C26H26N2O4. The lowest BCUT2D eigenvalue weighted by Crippen LogP contribution is -2.22. The number of fused-ring (bicyclic) bond motifs is 3. The predicted molar refractivity (Wildman–Crippen MR) is 125 cm³/mol. The van der Waals surface area contributed by atoms with Crippen molar-refractivity contribution in [1.82, 2.24) is 4.98 Å². The zero-order valence-electron chi connectivity index (χ0n) is 18.8. The number of nitrogens with zero attached hydrogens (tertiary/aromatic N) is 1. The van der Waals surface area contributed by atoms with E-state index in [9.17, 15) is 4.79 Å². The SMILES string of the molecule is COc1cc(-c2cc(C)nc3ccc4c(c23)CC2=C(CCCC2=O)N4)cc(OC)c1OC. The maximum atomic E-state index is 12.7. The fourth-order valence-corrected chi connectivity index (χ4v) is 4.88. The number of hydrogen-bond donors (Lipinski definition) is 1. The third-order valence-electron chi connectivity index (χ3n) is 6.36. The molecular weight excluding hydrogens is 404 g/mol. The number of ketones is 1. The molecule has 6 heteroatoms. The molecule has 1 N–H and O–H groups in total. The van der Waals surface area contributed by atoms with Crippen molar-refractivity contribution in [3.63, 3.8) is 0 Å². The Labute approximate surface area is 187 Å². The summed E-state index contributed by atoms with van der Waals surface area (Å²) < 4.78 is 16.7. The molecule has 2 aliphatic rings. The van der Waals surface area contributed by atoms with Crippen molar-refractivity contribution in [2.45, 2.75) is 32.6 Å². The van der Waals surface area contributed by atoms with Crippen LogP contribution in [-0.4, -0.2) is 32.1 Å². The van der Waals surface area contributed by atoms with Crippen LogP contribution < -0.4 is 19.5 Å². The maximum absolute atomic E-state index is 12.7. The van der Waals surface area contributed by atoms with Crippen LogP contribution in [0.15, 0.2) is 41.6 Å². The molecule has 0 radical (unpaired) electrons. The summed E-state index contributed by atoms with van der Waals surface area (Å²) in [5, 5.41) is 4.58. The summed E-state index contributed by atoms with van der Waals surface area (Å²) in [6.45, 7) is 1.99. The van der Waals surface area contributed by atoms with Gasteiger partial charge in [-0.25, -0.2) is 0 Å². The number of carbonyl (C=O) groups is 1. The van der Waals surface area contributed by atoms with Crippen molar-refractivity contribution in [3.05, 3.63) is 52.9 Å². The van der Waals surface area contributed by atoms with Gasteiger partial charge in [0.2, 0.25) is 5.75 Å². The lowest BCUT2D eigenvalue weighted by Gasteiger charge is -2.29. The van der Waals surface area contributed by atoms with Crippen LogP contribution in [0.25, 0.3) is 22.0 Å². The van der Waals surface area contributed by atoms with Gasteiger partial charge in [0, 0.05) is 40.9 Å². The molecule has 5 rings (SSSR count). The first-order valence-electron chi connectivity index (χ1n) is 10.8. The second kappa shape index (κ2) is 7.86. The van der Waals surface area contributed by atoms with Crippen LogP contribution in [0, 0.1) is 6.92 Å². The molecule has 0 bridgehead atoms. The predicted octanol–water partition coefficient (Wildman–Crippen LogP) is 5.21. The van der Waals surface area contributed by atoms with Gasteiger partial charge in [0.25, 0.3) is 0 Å². The molecule has 0 unspecified atom stereocenters. The summed E-state index contributed by atoms with van der Waals surface area (Å²) in [5.41, 5.74) is 7.92. The molecule has 1 aliphatic heterocycles. The Morgan fingerprint density at radius 2 is 1.72 bits per heavy atom. The van der Waals surface area contributed by atoms with Gasteiger partial charge < -0.3 is 19.5 Å². The van der Waals surface area contributed by atoms with E-state index in [-0.39, 0.29) is 5.78 Å². The Morgan fingerprint density at radius 1 is 0.969 bits per heavy atom. The van der Waals surface area contributed by atoms with E-state index >= 15 is 0 Å². The Morgan fingerprint density at radius 3 is 2.41 bits per heavy atom. The molecule has 6 nitrogen and oxygen atoms in total. The normalized spacial score (nSPS) is 15.2. The molecule has 3 aromatic rings. The number of carbonyl (C=O) groups excluding carboxylic acids is 1. The minimum absolute atomic E-state index is 0.246. The maximum Gasteiger partial charge on any atom is 0.203 e. The smallest absolute Gasteiger partial charge is 0.203 e. The van der Waals surface area contributed by atoms with Crippen molar-refractivity contribution in [3.8, 4) is 28.4 Å². The standard InChI is InChI=1S/C26H26N2O4/c1-14-10-16(15-11-23(30-2)26(32-4)24(12-15)31-3)25-18-13-17-19(6-5-7-22(17)29)28-20(18)8-9-21(25)27-14/h8-12,28H,5-7,13H2,1-4H3. The minimum atomic E-state index is 0.246. The number of aromatic nitrogens is 1. The highest BCUT2D eigenvalue weighted by Gasteiger charge is 2.28. The van der Waals surface area contributed by atoms with Gasteiger partial charge in [0.15, 0.2) is 17.3 Å². The van der Waals surface area contributed by atoms with Gasteiger partial charge in [-0.1, -0.05) is 0 Å². The highest BCUT2D eigenvalue weighted by atomic mass is 16.5.